The number of pyridine rings is 1. The molecular formula is C17H22ClN3O. The van der Waals surface area contributed by atoms with Gasteiger partial charge in [0.2, 0.25) is 0 Å². The molecule has 2 aromatic rings. The first kappa shape index (κ1) is 16.7. The average molecular weight is 320 g/mol. The summed E-state index contributed by atoms with van der Waals surface area (Å²) < 4.78 is 0. The lowest BCUT2D eigenvalue weighted by Crippen LogP contribution is -2.28. The number of likely N-dealkylation sites (tertiary alicyclic amines) is 1. The van der Waals surface area contributed by atoms with E-state index in [4.69, 9.17) is 5.73 Å². The van der Waals surface area contributed by atoms with E-state index in [0.29, 0.717) is 12.5 Å². The first-order chi connectivity index (χ1) is 10.1. The van der Waals surface area contributed by atoms with Crippen molar-refractivity contribution in [3.63, 3.8) is 0 Å². The Morgan fingerprint density at radius 1 is 1.18 bits per heavy atom. The highest BCUT2D eigenvalue weighted by Crippen LogP contribution is 2.28. The second-order valence-electron chi connectivity index (χ2n) is 5.79. The van der Waals surface area contributed by atoms with Crippen LogP contribution in [-0.4, -0.2) is 34.1 Å². The van der Waals surface area contributed by atoms with Crippen molar-refractivity contribution in [1.29, 1.82) is 0 Å². The minimum absolute atomic E-state index is 0. The van der Waals surface area contributed by atoms with Crippen molar-refractivity contribution in [2.45, 2.75) is 25.4 Å². The number of nitrogens with zero attached hydrogens (tertiary/aromatic N) is 2. The highest BCUT2D eigenvalue weighted by atomic mass is 35.5. The molecule has 1 aromatic heterocycles. The lowest BCUT2D eigenvalue weighted by molar-refractivity contribution is 0.312. The molecular weight excluding hydrogens is 298 g/mol. The Morgan fingerprint density at radius 2 is 1.91 bits per heavy atom. The lowest BCUT2D eigenvalue weighted by Gasteiger charge is -2.16. The van der Waals surface area contributed by atoms with Gasteiger partial charge in [-0.05, 0) is 24.6 Å². The molecule has 0 bridgehead atoms. The van der Waals surface area contributed by atoms with Gasteiger partial charge in [-0.3, -0.25) is 9.88 Å². The molecule has 0 saturated carbocycles. The van der Waals surface area contributed by atoms with Crippen molar-refractivity contribution in [3.05, 3.63) is 59.4 Å². The first-order valence-electron chi connectivity index (χ1n) is 7.32. The average Bonchev–Trinajstić information content (AvgIpc) is 2.84. The second-order valence-corrected chi connectivity index (χ2v) is 5.79. The SMILES string of the molecule is Cc1ccc(O)c(CN2C[C@@H](N)[C@H](c3ccccc3)C2)n1.Cl. The number of aryl methyl sites for hydroxylation is 1. The molecule has 1 aliphatic heterocycles. The molecule has 0 amide bonds. The van der Waals surface area contributed by atoms with Gasteiger partial charge in [0.1, 0.15) is 5.75 Å². The molecule has 1 aromatic carbocycles. The van der Waals surface area contributed by atoms with Crippen LogP contribution >= 0.6 is 12.4 Å². The fourth-order valence-electron chi connectivity index (χ4n) is 3.03. The van der Waals surface area contributed by atoms with E-state index < -0.39 is 0 Å². The molecule has 1 aliphatic rings. The van der Waals surface area contributed by atoms with Crippen molar-refractivity contribution in [2.24, 2.45) is 5.73 Å². The molecule has 1 saturated heterocycles. The molecule has 5 heteroatoms. The van der Waals surface area contributed by atoms with Crippen molar-refractivity contribution in [1.82, 2.24) is 9.88 Å². The third kappa shape index (κ3) is 3.58. The molecule has 0 spiro atoms. The molecule has 22 heavy (non-hydrogen) atoms. The van der Waals surface area contributed by atoms with Gasteiger partial charge < -0.3 is 10.8 Å². The summed E-state index contributed by atoms with van der Waals surface area (Å²) in [6.45, 7) is 4.31. The quantitative estimate of drug-likeness (QED) is 0.912. The number of rotatable bonds is 3. The summed E-state index contributed by atoms with van der Waals surface area (Å²) in [6, 6.07) is 14.1. The van der Waals surface area contributed by atoms with Crippen molar-refractivity contribution >= 4 is 12.4 Å². The minimum atomic E-state index is 0. The normalized spacial score (nSPS) is 21.5. The third-order valence-electron chi connectivity index (χ3n) is 4.13. The summed E-state index contributed by atoms with van der Waals surface area (Å²) >= 11 is 0. The third-order valence-corrected chi connectivity index (χ3v) is 4.13. The number of hydrogen-bond donors (Lipinski definition) is 2. The van der Waals surface area contributed by atoms with Crippen LogP contribution in [0.5, 0.6) is 5.75 Å². The van der Waals surface area contributed by atoms with Crippen molar-refractivity contribution < 1.29 is 5.11 Å². The number of nitrogens with two attached hydrogens (primary N) is 1. The number of aromatic nitrogens is 1. The summed E-state index contributed by atoms with van der Waals surface area (Å²) in [5, 5.41) is 9.92. The number of hydrogen-bond acceptors (Lipinski definition) is 4. The Balaban J connectivity index is 0.00000176. The molecule has 3 rings (SSSR count). The Bertz CT molecular complexity index is 621. The first-order valence-corrected chi connectivity index (χ1v) is 7.32. The zero-order valence-corrected chi connectivity index (χ0v) is 13.5. The predicted octanol–water partition coefficient (Wildman–Crippen LogP) is 2.44. The van der Waals surface area contributed by atoms with Gasteiger partial charge in [0.25, 0.3) is 0 Å². The van der Waals surface area contributed by atoms with Gasteiger partial charge in [0, 0.05) is 37.3 Å². The van der Waals surface area contributed by atoms with Crippen LogP contribution in [0.3, 0.4) is 0 Å². The summed E-state index contributed by atoms with van der Waals surface area (Å²) in [7, 11) is 0. The largest absolute Gasteiger partial charge is 0.506 e. The van der Waals surface area contributed by atoms with Crippen LogP contribution in [0.2, 0.25) is 0 Å². The van der Waals surface area contributed by atoms with Crippen LogP contribution in [0.4, 0.5) is 0 Å². The maximum Gasteiger partial charge on any atom is 0.138 e. The number of aromatic hydroxyl groups is 1. The van der Waals surface area contributed by atoms with Crippen LogP contribution in [0, 0.1) is 6.92 Å². The Labute approximate surface area is 137 Å². The smallest absolute Gasteiger partial charge is 0.138 e. The van der Waals surface area contributed by atoms with Gasteiger partial charge in [-0.1, -0.05) is 30.3 Å². The molecule has 1 fully saturated rings. The molecule has 0 aliphatic carbocycles. The lowest BCUT2D eigenvalue weighted by atomic mass is 9.95. The fraction of sp³-hybridized carbons (Fsp3) is 0.353. The van der Waals surface area contributed by atoms with Crippen LogP contribution < -0.4 is 5.73 Å². The molecule has 3 N–H and O–H groups in total. The molecule has 0 radical (unpaired) electrons. The van der Waals surface area contributed by atoms with Crippen LogP contribution in [0.15, 0.2) is 42.5 Å². The monoisotopic (exact) mass is 319 g/mol. The Kier molecular flexibility index (Phi) is 5.40. The molecule has 118 valence electrons. The van der Waals surface area contributed by atoms with Gasteiger partial charge in [0.15, 0.2) is 0 Å². The Morgan fingerprint density at radius 3 is 2.64 bits per heavy atom. The standard InChI is InChI=1S/C17H21N3O.ClH/c1-12-7-8-17(21)16(19-12)11-20-9-14(15(18)10-20)13-5-3-2-4-6-13;/h2-8,14-15,21H,9-11,18H2,1H3;1H/t14-,15+;/m0./s1. The number of benzene rings is 1. The van der Waals surface area contributed by atoms with Crippen LogP contribution in [0.25, 0.3) is 0 Å². The molecule has 0 unspecified atom stereocenters. The van der Waals surface area contributed by atoms with Gasteiger partial charge in [-0.2, -0.15) is 0 Å². The topological polar surface area (TPSA) is 62.4 Å². The second kappa shape index (κ2) is 7.09. The van der Waals surface area contributed by atoms with Gasteiger partial charge >= 0.3 is 0 Å². The minimum Gasteiger partial charge on any atom is -0.506 e. The van der Waals surface area contributed by atoms with E-state index in [1.165, 1.54) is 5.56 Å². The highest BCUT2D eigenvalue weighted by Gasteiger charge is 2.31. The maximum absolute atomic E-state index is 9.92. The van der Waals surface area contributed by atoms with E-state index in [2.05, 4.69) is 34.1 Å². The van der Waals surface area contributed by atoms with Crippen molar-refractivity contribution in [3.8, 4) is 5.75 Å². The number of halogens is 1. The molecule has 2 heterocycles. The van der Waals surface area contributed by atoms with E-state index in [9.17, 15) is 5.11 Å². The Hall–Kier alpha value is -1.62. The highest BCUT2D eigenvalue weighted by molar-refractivity contribution is 5.85. The molecule has 2 atom stereocenters. The van der Waals surface area contributed by atoms with E-state index in [-0.39, 0.29) is 24.2 Å². The summed E-state index contributed by atoms with van der Waals surface area (Å²) in [5.74, 6) is 0.607. The van der Waals surface area contributed by atoms with Crippen molar-refractivity contribution in [2.75, 3.05) is 13.1 Å². The van der Waals surface area contributed by atoms with Gasteiger partial charge in [-0.25, -0.2) is 0 Å². The summed E-state index contributed by atoms with van der Waals surface area (Å²) in [5.41, 5.74) is 9.24. The predicted molar refractivity (Wildman–Crippen MR) is 90.3 cm³/mol. The fourth-order valence-corrected chi connectivity index (χ4v) is 3.03. The van der Waals surface area contributed by atoms with E-state index in [1.54, 1.807) is 6.07 Å². The van der Waals surface area contributed by atoms with E-state index in [0.717, 1.165) is 24.5 Å². The van der Waals surface area contributed by atoms with Crippen LogP contribution in [0.1, 0.15) is 22.9 Å². The summed E-state index contributed by atoms with van der Waals surface area (Å²) in [6.07, 6.45) is 0. The van der Waals surface area contributed by atoms with E-state index in [1.807, 2.05) is 19.1 Å². The zero-order valence-electron chi connectivity index (χ0n) is 12.6. The molecule has 4 nitrogen and oxygen atoms in total. The maximum atomic E-state index is 9.92. The van der Waals surface area contributed by atoms with Gasteiger partial charge in [0.05, 0.1) is 5.69 Å². The summed E-state index contributed by atoms with van der Waals surface area (Å²) in [4.78, 5) is 6.69. The zero-order chi connectivity index (χ0) is 14.8. The van der Waals surface area contributed by atoms with Gasteiger partial charge in [-0.15, -0.1) is 12.4 Å². The van der Waals surface area contributed by atoms with Crippen LogP contribution in [-0.2, 0) is 6.54 Å². The van der Waals surface area contributed by atoms with E-state index >= 15 is 0 Å².